The van der Waals surface area contributed by atoms with E-state index in [0.29, 0.717) is 19.1 Å². The molecule has 1 saturated heterocycles. The maximum absolute atomic E-state index is 12.4. The summed E-state index contributed by atoms with van der Waals surface area (Å²) in [5.74, 6) is 0. The summed E-state index contributed by atoms with van der Waals surface area (Å²) in [6.07, 6.45) is 2.70. The number of carbonyl (C=O) groups excluding carboxylic acids is 1. The fourth-order valence-electron chi connectivity index (χ4n) is 3.57. The van der Waals surface area contributed by atoms with Gasteiger partial charge in [0.1, 0.15) is 0 Å². The standard InChI is InChI=1S/C18H27N3O3/c1-12-4-2-3-5-15(12)20-18(24)21-10-16(17(23)11-21)19-13-6-8-14(22)9-7-13/h2-5,13-14,16-17,19,22-23H,6-11H2,1H3,(H,20,24)/t13?,14?,16-,17-/m1/s1. The number of hydrogen-bond acceptors (Lipinski definition) is 4. The number of carbonyl (C=O) groups is 1. The molecule has 1 aromatic carbocycles. The molecule has 2 aliphatic rings. The van der Waals surface area contributed by atoms with Gasteiger partial charge in [-0.2, -0.15) is 0 Å². The van der Waals surface area contributed by atoms with Crippen LogP contribution in [-0.4, -0.2) is 58.5 Å². The second-order valence-corrected chi connectivity index (χ2v) is 7.00. The molecule has 1 aliphatic carbocycles. The molecule has 0 bridgehead atoms. The zero-order valence-electron chi connectivity index (χ0n) is 14.1. The molecule has 2 atom stereocenters. The molecular weight excluding hydrogens is 306 g/mol. The number of hydrogen-bond donors (Lipinski definition) is 4. The van der Waals surface area contributed by atoms with Crippen molar-refractivity contribution in [2.75, 3.05) is 18.4 Å². The zero-order chi connectivity index (χ0) is 17.1. The van der Waals surface area contributed by atoms with Gasteiger partial charge in [0, 0.05) is 24.8 Å². The molecule has 0 unspecified atom stereocenters. The van der Waals surface area contributed by atoms with E-state index in [0.717, 1.165) is 36.9 Å². The molecule has 1 saturated carbocycles. The first kappa shape index (κ1) is 17.2. The fraction of sp³-hybridized carbons (Fsp3) is 0.611. The van der Waals surface area contributed by atoms with E-state index >= 15 is 0 Å². The number of amides is 2. The predicted octanol–water partition coefficient (Wildman–Crippen LogP) is 1.47. The number of aliphatic hydroxyl groups excluding tert-OH is 2. The van der Waals surface area contributed by atoms with Crippen LogP contribution in [0, 0.1) is 6.92 Å². The molecule has 3 rings (SSSR count). The lowest BCUT2D eigenvalue weighted by molar-refractivity contribution is 0.103. The van der Waals surface area contributed by atoms with Gasteiger partial charge < -0.3 is 25.7 Å². The highest BCUT2D eigenvalue weighted by Gasteiger charge is 2.35. The molecule has 4 N–H and O–H groups in total. The molecule has 132 valence electrons. The van der Waals surface area contributed by atoms with Gasteiger partial charge in [-0.3, -0.25) is 0 Å². The Labute approximate surface area is 142 Å². The second-order valence-electron chi connectivity index (χ2n) is 7.00. The van der Waals surface area contributed by atoms with Crippen molar-refractivity contribution in [3.05, 3.63) is 29.8 Å². The predicted molar refractivity (Wildman–Crippen MR) is 93.0 cm³/mol. The number of nitrogens with zero attached hydrogens (tertiary/aromatic N) is 1. The minimum Gasteiger partial charge on any atom is -0.393 e. The lowest BCUT2D eigenvalue weighted by atomic mass is 9.92. The first-order valence-corrected chi connectivity index (χ1v) is 8.76. The summed E-state index contributed by atoms with van der Waals surface area (Å²) < 4.78 is 0. The van der Waals surface area contributed by atoms with Gasteiger partial charge in [-0.25, -0.2) is 4.79 Å². The Bertz CT molecular complexity index is 572. The van der Waals surface area contributed by atoms with Crippen molar-refractivity contribution < 1.29 is 15.0 Å². The summed E-state index contributed by atoms with van der Waals surface area (Å²) >= 11 is 0. The van der Waals surface area contributed by atoms with Crippen LogP contribution in [0.1, 0.15) is 31.2 Å². The van der Waals surface area contributed by atoms with E-state index in [1.165, 1.54) is 0 Å². The number of nitrogens with one attached hydrogen (secondary N) is 2. The number of β-amino-alcohol motifs (C(OH)–C–C–N with tert-alkyl or cyclic N) is 1. The summed E-state index contributed by atoms with van der Waals surface area (Å²) in [6, 6.07) is 7.70. The molecule has 6 nitrogen and oxygen atoms in total. The minimum absolute atomic E-state index is 0.104. The van der Waals surface area contributed by atoms with E-state index in [1.807, 2.05) is 31.2 Å². The quantitative estimate of drug-likeness (QED) is 0.675. The van der Waals surface area contributed by atoms with Gasteiger partial charge in [0.05, 0.1) is 18.2 Å². The van der Waals surface area contributed by atoms with E-state index in [1.54, 1.807) is 4.90 Å². The van der Waals surface area contributed by atoms with Crippen LogP contribution in [0.15, 0.2) is 24.3 Å². The average molecular weight is 333 g/mol. The Hall–Kier alpha value is -1.63. The van der Waals surface area contributed by atoms with Crippen molar-refractivity contribution in [3.63, 3.8) is 0 Å². The monoisotopic (exact) mass is 333 g/mol. The molecule has 0 spiro atoms. The van der Waals surface area contributed by atoms with Crippen molar-refractivity contribution in [2.45, 2.75) is 56.9 Å². The van der Waals surface area contributed by atoms with E-state index in [9.17, 15) is 15.0 Å². The third kappa shape index (κ3) is 4.06. The van der Waals surface area contributed by atoms with Gasteiger partial charge in [-0.05, 0) is 44.2 Å². The van der Waals surface area contributed by atoms with Crippen LogP contribution in [0.5, 0.6) is 0 Å². The Kier molecular flexibility index (Phi) is 5.38. The molecule has 1 heterocycles. The van der Waals surface area contributed by atoms with Crippen molar-refractivity contribution in [1.82, 2.24) is 10.2 Å². The second kappa shape index (κ2) is 7.51. The molecule has 1 aliphatic heterocycles. The number of likely N-dealkylation sites (tertiary alicyclic amines) is 1. The number of aryl methyl sites for hydroxylation is 1. The lowest BCUT2D eigenvalue weighted by Crippen LogP contribution is -2.47. The average Bonchev–Trinajstić information content (AvgIpc) is 2.93. The number of anilines is 1. The molecule has 0 aromatic heterocycles. The van der Waals surface area contributed by atoms with Gasteiger partial charge in [0.25, 0.3) is 0 Å². The number of rotatable bonds is 3. The molecule has 2 amide bonds. The van der Waals surface area contributed by atoms with E-state index < -0.39 is 6.10 Å². The number of urea groups is 1. The number of aliphatic hydroxyl groups is 2. The van der Waals surface area contributed by atoms with Gasteiger partial charge in [0.2, 0.25) is 0 Å². The summed E-state index contributed by atoms with van der Waals surface area (Å²) in [4.78, 5) is 14.1. The van der Waals surface area contributed by atoms with Crippen molar-refractivity contribution >= 4 is 11.7 Å². The van der Waals surface area contributed by atoms with E-state index in [2.05, 4.69) is 10.6 Å². The summed E-state index contributed by atoms with van der Waals surface area (Å²) in [5.41, 5.74) is 1.82. The lowest BCUT2D eigenvalue weighted by Gasteiger charge is -2.29. The Morgan fingerprint density at radius 2 is 1.83 bits per heavy atom. The minimum atomic E-state index is -0.556. The molecule has 6 heteroatoms. The largest absolute Gasteiger partial charge is 0.393 e. The highest BCUT2D eigenvalue weighted by Crippen LogP contribution is 2.21. The Morgan fingerprint density at radius 1 is 1.12 bits per heavy atom. The van der Waals surface area contributed by atoms with Crippen LogP contribution in [0.2, 0.25) is 0 Å². The van der Waals surface area contributed by atoms with E-state index in [-0.39, 0.29) is 18.2 Å². The van der Waals surface area contributed by atoms with E-state index in [4.69, 9.17) is 0 Å². The fourth-order valence-corrected chi connectivity index (χ4v) is 3.57. The van der Waals surface area contributed by atoms with Crippen molar-refractivity contribution in [1.29, 1.82) is 0 Å². The van der Waals surface area contributed by atoms with Gasteiger partial charge in [-0.15, -0.1) is 0 Å². The van der Waals surface area contributed by atoms with Crippen LogP contribution in [0.4, 0.5) is 10.5 Å². The SMILES string of the molecule is Cc1ccccc1NC(=O)N1C[C@@H](O)[C@H](NC2CCC(O)CC2)C1. The normalized spacial score (nSPS) is 30.4. The van der Waals surface area contributed by atoms with Crippen LogP contribution in [-0.2, 0) is 0 Å². The zero-order valence-corrected chi connectivity index (χ0v) is 14.1. The first-order valence-electron chi connectivity index (χ1n) is 8.76. The Balaban J connectivity index is 1.53. The molecular formula is C18H27N3O3. The first-order chi connectivity index (χ1) is 11.5. The van der Waals surface area contributed by atoms with Gasteiger partial charge in [0.15, 0.2) is 0 Å². The van der Waals surface area contributed by atoms with Crippen LogP contribution < -0.4 is 10.6 Å². The third-order valence-corrected chi connectivity index (χ3v) is 5.11. The highest BCUT2D eigenvalue weighted by atomic mass is 16.3. The number of benzene rings is 1. The van der Waals surface area contributed by atoms with Crippen LogP contribution >= 0.6 is 0 Å². The van der Waals surface area contributed by atoms with Crippen LogP contribution in [0.25, 0.3) is 0 Å². The third-order valence-electron chi connectivity index (χ3n) is 5.11. The molecule has 24 heavy (non-hydrogen) atoms. The molecule has 1 aromatic rings. The maximum atomic E-state index is 12.4. The van der Waals surface area contributed by atoms with Gasteiger partial charge >= 0.3 is 6.03 Å². The summed E-state index contributed by atoms with van der Waals surface area (Å²) in [5, 5.41) is 26.2. The highest BCUT2D eigenvalue weighted by molar-refractivity contribution is 5.90. The maximum Gasteiger partial charge on any atom is 0.321 e. The molecule has 2 fully saturated rings. The number of para-hydroxylation sites is 1. The van der Waals surface area contributed by atoms with Crippen LogP contribution in [0.3, 0.4) is 0 Å². The smallest absolute Gasteiger partial charge is 0.321 e. The molecule has 0 radical (unpaired) electrons. The summed E-state index contributed by atoms with van der Waals surface area (Å²) in [7, 11) is 0. The summed E-state index contributed by atoms with van der Waals surface area (Å²) in [6.45, 7) is 2.79. The van der Waals surface area contributed by atoms with Crippen molar-refractivity contribution in [2.24, 2.45) is 0 Å². The Morgan fingerprint density at radius 3 is 2.54 bits per heavy atom. The topological polar surface area (TPSA) is 84.8 Å². The van der Waals surface area contributed by atoms with Crippen molar-refractivity contribution in [3.8, 4) is 0 Å². The van der Waals surface area contributed by atoms with Gasteiger partial charge in [-0.1, -0.05) is 18.2 Å².